The molecule has 1 heterocycles. The summed E-state index contributed by atoms with van der Waals surface area (Å²) in [4.78, 5) is 25.4. The van der Waals surface area contributed by atoms with Crippen molar-refractivity contribution in [2.24, 2.45) is 7.05 Å². The fourth-order valence-corrected chi connectivity index (χ4v) is 3.06. The molecule has 1 aromatic heterocycles. The molecule has 1 atom stereocenters. The minimum absolute atomic E-state index is 0.158. The van der Waals surface area contributed by atoms with Crippen molar-refractivity contribution in [3.05, 3.63) is 81.8 Å². The van der Waals surface area contributed by atoms with Crippen LogP contribution in [-0.4, -0.2) is 21.3 Å². The van der Waals surface area contributed by atoms with Crippen molar-refractivity contribution >= 4 is 11.6 Å². The van der Waals surface area contributed by atoms with E-state index in [4.69, 9.17) is 0 Å². The molecule has 2 N–H and O–H groups in total. The molecule has 0 spiro atoms. The highest BCUT2D eigenvalue weighted by Crippen LogP contribution is 2.15. The predicted octanol–water partition coefficient (Wildman–Crippen LogP) is 2.91. The number of benzene rings is 2. The van der Waals surface area contributed by atoms with Crippen LogP contribution in [-0.2, 0) is 18.4 Å². The molecule has 2 aromatic carbocycles. The maximum Gasteiger partial charge on any atom is 0.295 e. The van der Waals surface area contributed by atoms with Crippen LogP contribution in [0.2, 0.25) is 0 Å². The number of anilines is 1. The molecule has 0 radical (unpaired) electrons. The van der Waals surface area contributed by atoms with Gasteiger partial charge in [-0.25, -0.2) is 4.68 Å². The number of rotatable bonds is 6. The van der Waals surface area contributed by atoms with Crippen molar-refractivity contribution in [3.63, 3.8) is 0 Å². The lowest BCUT2D eigenvalue weighted by Gasteiger charge is -2.14. The number of carbonyl (C=O) groups excluding carboxylic acids is 1. The van der Waals surface area contributed by atoms with Crippen LogP contribution in [0.5, 0.6) is 0 Å². The van der Waals surface area contributed by atoms with E-state index in [9.17, 15) is 9.59 Å². The Labute approximate surface area is 164 Å². The Morgan fingerprint density at radius 3 is 2.32 bits per heavy atom. The summed E-state index contributed by atoms with van der Waals surface area (Å²) in [5, 5.41) is 6.00. The summed E-state index contributed by atoms with van der Waals surface area (Å²) in [6.07, 6.45) is 0. The van der Waals surface area contributed by atoms with Crippen LogP contribution in [0.25, 0.3) is 5.69 Å². The third-order valence-electron chi connectivity index (χ3n) is 4.90. The molecule has 0 bridgehead atoms. The van der Waals surface area contributed by atoms with Crippen LogP contribution in [0.4, 0.5) is 5.69 Å². The van der Waals surface area contributed by atoms with E-state index in [0.29, 0.717) is 12.2 Å². The maximum absolute atomic E-state index is 12.9. The highest BCUT2D eigenvalue weighted by molar-refractivity contribution is 5.84. The Balaban J connectivity index is 1.73. The van der Waals surface area contributed by atoms with Gasteiger partial charge in [0, 0.05) is 13.6 Å². The van der Waals surface area contributed by atoms with E-state index in [0.717, 1.165) is 16.9 Å². The first-order valence-electron chi connectivity index (χ1n) is 9.32. The monoisotopic (exact) mass is 378 g/mol. The normalized spacial score (nSPS) is 11.9. The van der Waals surface area contributed by atoms with Crippen LogP contribution < -0.4 is 16.2 Å². The van der Waals surface area contributed by atoms with Gasteiger partial charge in [-0.1, -0.05) is 48.0 Å². The van der Waals surface area contributed by atoms with Gasteiger partial charge < -0.3 is 10.6 Å². The van der Waals surface area contributed by atoms with E-state index in [-0.39, 0.29) is 11.5 Å². The number of hydrogen-bond acceptors (Lipinski definition) is 3. The zero-order chi connectivity index (χ0) is 20.3. The quantitative estimate of drug-likeness (QED) is 0.693. The smallest absolute Gasteiger partial charge is 0.295 e. The second-order valence-corrected chi connectivity index (χ2v) is 7.01. The van der Waals surface area contributed by atoms with Gasteiger partial charge in [-0.05, 0) is 38.5 Å². The summed E-state index contributed by atoms with van der Waals surface area (Å²) < 4.78 is 3.38. The Hall–Kier alpha value is -3.28. The van der Waals surface area contributed by atoms with E-state index in [2.05, 4.69) is 10.6 Å². The van der Waals surface area contributed by atoms with Gasteiger partial charge in [0.1, 0.15) is 11.7 Å². The van der Waals surface area contributed by atoms with Crippen molar-refractivity contribution in [1.29, 1.82) is 0 Å². The Morgan fingerprint density at radius 2 is 1.68 bits per heavy atom. The van der Waals surface area contributed by atoms with Crippen LogP contribution in [0, 0.1) is 13.8 Å². The molecule has 0 aliphatic rings. The van der Waals surface area contributed by atoms with Crippen LogP contribution >= 0.6 is 0 Å². The van der Waals surface area contributed by atoms with Crippen molar-refractivity contribution in [2.75, 3.05) is 5.32 Å². The molecule has 146 valence electrons. The number of nitrogens with one attached hydrogen (secondary N) is 2. The molecular formula is C22H26N4O2. The molecule has 6 nitrogen and oxygen atoms in total. The lowest BCUT2D eigenvalue weighted by atomic mass is 10.1. The number of carbonyl (C=O) groups is 1. The average Bonchev–Trinajstić information content (AvgIpc) is 2.91. The molecule has 1 amide bonds. The average molecular weight is 378 g/mol. The molecular weight excluding hydrogens is 352 g/mol. The minimum atomic E-state index is -0.538. The van der Waals surface area contributed by atoms with E-state index in [1.165, 1.54) is 5.56 Å². The lowest BCUT2D eigenvalue weighted by Crippen LogP contribution is -2.38. The Morgan fingerprint density at radius 1 is 1.04 bits per heavy atom. The molecule has 1 unspecified atom stereocenters. The van der Waals surface area contributed by atoms with E-state index in [1.54, 1.807) is 16.3 Å². The summed E-state index contributed by atoms with van der Waals surface area (Å²) in [7, 11) is 1.83. The number of amides is 1. The van der Waals surface area contributed by atoms with Gasteiger partial charge in [0.2, 0.25) is 5.91 Å². The molecule has 0 aliphatic carbocycles. The molecule has 28 heavy (non-hydrogen) atoms. The van der Waals surface area contributed by atoms with E-state index in [1.807, 2.05) is 75.5 Å². The first-order valence-corrected chi connectivity index (χ1v) is 9.32. The van der Waals surface area contributed by atoms with Crippen molar-refractivity contribution in [3.8, 4) is 5.69 Å². The summed E-state index contributed by atoms with van der Waals surface area (Å²) in [5.41, 5.74) is 4.02. The zero-order valence-corrected chi connectivity index (χ0v) is 16.7. The van der Waals surface area contributed by atoms with Crippen LogP contribution in [0.15, 0.2) is 59.4 Å². The summed E-state index contributed by atoms with van der Waals surface area (Å²) in [6, 6.07) is 16.9. The molecule has 6 heteroatoms. The second-order valence-electron chi connectivity index (χ2n) is 7.01. The molecule has 3 rings (SSSR count). The standard InChI is InChI=1S/C22H26N4O2/c1-15-10-12-18(13-11-15)14-23-21(27)16(2)24-20-17(3)25(4)26(22(20)28)19-8-6-5-7-9-19/h5-13,16,24H,14H2,1-4H3,(H,23,27). The first kappa shape index (κ1) is 19.5. The molecule has 0 saturated carbocycles. The van der Waals surface area contributed by atoms with Gasteiger partial charge in [-0.15, -0.1) is 0 Å². The highest BCUT2D eigenvalue weighted by Gasteiger charge is 2.20. The number of aryl methyl sites for hydroxylation is 1. The summed E-state index contributed by atoms with van der Waals surface area (Å²) >= 11 is 0. The largest absolute Gasteiger partial charge is 0.368 e. The highest BCUT2D eigenvalue weighted by atomic mass is 16.2. The topological polar surface area (TPSA) is 68.1 Å². The van der Waals surface area contributed by atoms with E-state index < -0.39 is 6.04 Å². The number of aromatic nitrogens is 2. The molecule has 0 saturated heterocycles. The van der Waals surface area contributed by atoms with Gasteiger partial charge in [0.25, 0.3) is 5.56 Å². The second kappa shape index (κ2) is 8.17. The van der Waals surface area contributed by atoms with Crippen LogP contribution in [0.3, 0.4) is 0 Å². The molecule has 0 aliphatic heterocycles. The van der Waals surface area contributed by atoms with Crippen molar-refractivity contribution in [2.45, 2.75) is 33.4 Å². The first-order chi connectivity index (χ1) is 13.4. The van der Waals surface area contributed by atoms with E-state index >= 15 is 0 Å². The molecule has 3 aromatic rings. The minimum Gasteiger partial charge on any atom is -0.368 e. The van der Waals surface area contributed by atoms with Gasteiger partial charge >= 0.3 is 0 Å². The Kier molecular flexibility index (Phi) is 5.68. The zero-order valence-electron chi connectivity index (χ0n) is 16.7. The summed E-state index contributed by atoms with van der Waals surface area (Å²) in [6.45, 7) is 6.09. The number of nitrogens with zero attached hydrogens (tertiary/aromatic N) is 2. The number of hydrogen-bond donors (Lipinski definition) is 2. The molecule has 0 fully saturated rings. The summed E-state index contributed by atoms with van der Waals surface area (Å²) in [5.74, 6) is -0.158. The fourth-order valence-electron chi connectivity index (χ4n) is 3.06. The third kappa shape index (κ3) is 4.01. The van der Waals surface area contributed by atoms with Crippen LogP contribution in [0.1, 0.15) is 23.7 Å². The number of para-hydroxylation sites is 1. The predicted molar refractivity (Wildman–Crippen MR) is 112 cm³/mol. The van der Waals surface area contributed by atoms with Gasteiger partial charge in [0.05, 0.1) is 11.4 Å². The van der Waals surface area contributed by atoms with Crippen molar-refractivity contribution in [1.82, 2.24) is 14.7 Å². The van der Waals surface area contributed by atoms with Gasteiger partial charge in [-0.2, -0.15) is 0 Å². The lowest BCUT2D eigenvalue weighted by molar-refractivity contribution is -0.121. The fraction of sp³-hybridized carbons (Fsp3) is 0.273. The van der Waals surface area contributed by atoms with Crippen molar-refractivity contribution < 1.29 is 4.79 Å². The van der Waals surface area contributed by atoms with Gasteiger partial charge in [0.15, 0.2) is 0 Å². The Bertz CT molecular complexity index is 1020. The SMILES string of the molecule is Cc1ccc(CNC(=O)C(C)Nc2c(C)n(C)n(-c3ccccc3)c2=O)cc1. The third-order valence-corrected chi connectivity index (χ3v) is 4.90. The van der Waals surface area contributed by atoms with Gasteiger partial charge in [-0.3, -0.25) is 14.3 Å². The maximum atomic E-state index is 12.9.